The van der Waals surface area contributed by atoms with Crippen LogP contribution in [0.5, 0.6) is 11.5 Å². The summed E-state index contributed by atoms with van der Waals surface area (Å²) in [4.78, 5) is 11.8. The Morgan fingerprint density at radius 2 is 1.75 bits per heavy atom. The highest BCUT2D eigenvalue weighted by Gasteiger charge is 2.23. The summed E-state index contributed by atoms with van der Waals surface area (Å²) >= 11 is 0. The van der Waals surface area contributed by atoms with Crippen LogP contribution in [0.2, 0.25) is 0 Å². The summed E-state index contributed by atoms with van der Waals surface area (Å²) in [6, 6.07) is 7.76. The summed E-state index contributed by atoms with van der Waals surface area (Å²) in [7, 11) is -2.24. The fourth-order valence-electron chi connectivity index (χ4n) is 3.12. The zero-order valence-corrected chi connectivity index (χ0v) is 17.5. The molecule has 0 aliphatic rings. The Hall–Kier alpha value is -2.58. The smallest absolute Gasteiger partial charge is 0.252 e. The van der Waals surface area contributed by atoms with Crippen LogP contribution in [0.4, 0.5) is 0 Å². The monoisotopic (exact) mass is 406 g/mol. The van der Waals surface area contributed by atoms with E-state index >= 15 is 0 Å². The molecule has 0 spiro atoms. The molecule has 0 aliphatic heterocycles. The summed E-state index contributed by atoms with van der Waals surface area (Å²) in [5.74, 6) is 0.0940. The number of carbonyl (C=O) groups excluding carboxylic acids is 1. The molecule has 0 saturated carbocycles. The number of hydrogen-bond donors (Lipinski definition) is 2. The Kier molecular flexibility index (Phi) is 6.69. The number of methoxy groups -OCH3 is 1. The topological polar surface area (TPSA) is 108 Å². The van der Waals surface area contributed by atoms with E-state index in [2.05, 4.69) is 4.72 Å². The summed E-state index contributed by atoms with van der Waals surface area (Å²) in [5.41, 5.74) is 7.93. The van der Waals surface area contributed by atoms with Crippen molar-refractivity contribution in [2.75, 3.05) is 13.7 Å². The maximum atomic E-state index is 12.8. The maximum absolute atomic E-state index is 12.8. The predicted octanol–water partition coefficient (Wildman–Crippen LogP) is 2.47. The molecule has 2 rings (SSSR count). The molecule has 1 unspecified atom stereocenters. The highest BCUT2D eigenvalue weighted by atomic mass is 32.2. The van der Waals surface area contributed by atoms with Crippen molar-refractivity contribution in [3.8, 4) is 11.5 Å². The Balaban J connectivity index is 2.17. The van der Waals surface area contributed by atoms with E-state index in [1.54, 1.807) is 26.8 Å². The summed E-state index contributed by atoms with van der Waals surface area (Å²) < 4.78 is 39.0. The van der Waals surface area contributed by atoms with Crippen molar-refractivity contribution in [1.82, 2.24) is 4.72 Å². The van der Waals surface area contributed by atoms with Gasteiger partial charge in [0, 0.05) is 6.07 Å². The molecule has 1 atom stereocenters. The normalized spacial score (nSPS) is 12.5. The van der Waals surface area contributed by atoms with Crippen molar-refractivity contribution in [2.45, 2.75) is 38.6 Å². The van der Waals surface area contributed by atoms with Gasteiger partial charge in [-0.1, -0.05) is 17.7 Å². The Bertz CT molecular complexity index is 963. The van der Waals surface area contributed by atoms with Crippen LogP contribution >= 0.6 is 0 Å². The van der Waals surface area contributed by atoms with Crippen molar-refractivity contribution in [3.63, 3.8) is 0 Å². The third-order valence-corrected chi connectivity index (χ3v) is 6.07. The quantitative estimate of drug-likeness (QED) is 0.700. The molecule has 2 aromatic rings. The molecule has 0 bridgehead atoms. The second-order valence-electron chi connectivity index (χ2n) is 6.79. The third-order valence-electron chi connectivity index (χ3n) is 4.17. The average molecular weight is 407 g/mol. The van der Waals surface area contributed by atoms with Gasteiger partial charge in [0.1, 0.15) is 18.1 Å². The van der Waals surface area contributed by atoms with Crippen LogP contribution in [0.25, 0.3) is 0 Å². The van der Waals surface area contributed by atoms with Gasteiger partial charge in [-0.15, -0.1) is 0 Å². The van der Waals surface area contributed by atoms with Gasteiger partial charge in [-0.2, -0.15) is 0 Å². The largest absolute Gasteiger partial charge is 0.497 e. The molecular formula is C20H26N2O5S. The zero-order chi connectivity index (χ0) is 21.1. The molecule has 8 heteroatoms. The van der Waals surface area contributed by atoms with E-state index in [1.165, 1.54) is 19.2 Å². The highest BCUT2D eigenvalue weighted by molar-refractivity contribution is 7.89. The fraction of sp³-hybridized carbons (Fsp3) is 0.350. The van der Waals surface area contributed by atoms with Crippen molar-refractivity contribution >= 4 is 15.9 Å². The first-order valence-electron chi connectivity index (χ1n) is 8.76. The van der Waals surface area contributed by atoms with Gasteiger partial charge in [0.15, 0.2) is 0 Å². The first kappa shape index (κ1) is 21.7. The molecule has 0 aromatic heterocycles. The number of primary amides is 1. The summed E-state index contributed by atoms with van der Waals surface area (Å²) in [5, 5.41) is 0. The van der Waals surface area contributed by atoms with Gasteiger partial charge >= 0.3 is 0 Å². The van der Waals surface area contributed by atoms with Crippen molar-refractivity contribution in [1.29, 1.82) is 0 Å². The van der Waals surface area contributed by atoms with Crippen molar-refractivity contribution in [3.05, 3.63) is 52.6 Å². The Morgan fingerprint density at radius 3 is 2.29 bits per heavy atom. The molecule has 0 radical (unpaired) electrons. The van der Waals surface area contributed by atoms with E-state index in [0.717, 1.165) is 5.56 Å². The van der Waals surface area contributed by atoms with Gasteiger partial charge in [0.05, 0.1) is 23.6 Å². The lowest BCUT2D eigenvalue weighted by atomic mass is 10.1. The number of hydrogen-bond acceptors (Lipinski definition) is 5. The molecule has 3 N–H and O–H groups in total. The molecule has 0 aliphatic carbocycles. The van der Waals surface area contributed by atoms with Crippen LogP contribution in [0, 0.1) is 20.8 Å². The van der Waals surface area contributed by atoms with Gasteiger partial charge in [-0.25, -0.2) is 13.1 Å². The molecule has 28 heavy (non-hydrogen) atoms. The minimum Gasteiger partial charge on any atom is -0.497 e. The molecule has 7 nitrogen and oxygen atoms in total. The zero-order valence-electron chi connectivity index (χ0n) is 16.7. The second kappa shape index (κ2) is 8.62. The number of nitrogens with two attached hydrogens (primary N) is 1. The SMILES string of the molecule is COc1ccc(C(N)=O)c(OCC(C)NS(=O)(=O)c2c(C)cc(C)cc2C)c1. The second-order valence-corrected chi connectivity index (χ2v) is 8.44. The van der Waals surface area contributed by atoms with Crippen LogP contribution in [-0.4, -0.2) is 34.1 Å². The van der Waals surface area contributed by atoms with Crippen molar-refractivity contribution in [2.24, 2.45) is 5.73 Å². The number of nitrogens with one attached hydrogen (secondary N) is 1. The lowest BCUT2D eigenvalue weighted by Gasteiger charge is -2.19. The van der Waals surface area contributed by atoms with Gasteiger partial charge in [-0.05, 0) is 51.0 Å². The maximum Gasteiger partial charge on any atom is 0.252 e. The van der Waals surface area contributed by atoms with E-state index in [0.29, 0.717) is 16.9 Å². The first-order chi connectivity index (χ1) is 13.0. The summed E-state index contributed by atoms with van der Waals surface area (Å²) in [6.07, 6.45) is 0. The molecule has 2 aromatic carbocycles. The standard InChI is InChI=1S/C20H26N2O5S/c1-12-8-13(2)19(14(3)9-12)28(24,25)22-15(4)11-27-18-10-16(26-5)6-7-17(18)20(21)23/h6-10,15,22H,11H2,1-5H3,(H2,21,23). The molecule has 0 fully saturated rings. The number of sulfonamides is 1. The van der Waals surface area contributed by atoms with E-state index < -0.39 is 22.0 Å². The Labute approximate surface area is 165 Å². The van der Waals surface area contributed by atoms with Crippen LogP contribution in [0.3, 0.4) is 0 Å². The van der Waals surface area contributed by atoms with Gasteiger partial charge in [0.2, 0.25) is 10.0 Å². The fourth-order valence-corrected chi connectivity index (χ4v) is 4.80. The van der Waals surface area contributed by atoms with E-state index in [1.807, 2.05) is 19.1 Å². The van der Waals surface area contributed by atoms with E-state index in [4.69, 9.17) is 15.2 Å². The van der Waals surface area contributed by atoms with Crippen molar-refractivity contribution < 1.29 is 22.7 Å². The number of aryl methyl sites for hydroxylation is 3. The molecular weight excluding hydrogens is 380 g/mol. The molecule has 152 valence electrons. The first-order valence-corrected chi connectivity index (χ1v) is 10.2. The average Bonchev–Trinajstić information content (AvgIpc) is 2.57. The van der Waals surface area contributed by atoms with Crippen LogP contribution < -0.4 is 19.9 Å². The molecule has 0 saturated heterocycles. The third kappa shape index (κ3) is 5.02. The number of amides is 1. The van der Waals surface area contributed by atoms with Crippen LogP contribution in [-0.2, 0) is 10.0 Å². The highest BCUT2D eigenvalue weighted by Crippen LogP contribution is 2.25. The number of carbonyl (C=O) groups is 1. The van der Waals surface area contributed by atoms with E-state index in [9.17, 15) is 13.2 Å². The number of ether oxygens (including phenoxy) is 2. The lowest BCUT2D eigenvalue weighted by molar-refractivity contribution is 0.0995. The van der Waals surface area contributed by atoms with E-state index in [-0.39, 0.29) is 22.8 Å². The van der Waals surface area contributed by atoms with Crippen LogP contribution in [0.15, 0.2) is 35.2 Å². The minimum absolute atomic E-state index is 0.0105. The van der Waals surface area contributed by atoms with Gasteiger partial charge in [0.25, 0.3) is 5.91 Å². The van der Waals surface area contributed by atoms with Gasteiger partial charge in [-0.3, -0.25) is 4.79 Å². The summed E-state index contributed by atoms with van der Waals surface area (Å²) in [6.45, 7) is 7.15. The molecule has 1 amide bonds. The molecule has 0 heterocycles. The Morgan fingerprint density at radius 1 is 1.14 bits per heavy atom. The van der Waals surface area contributed by atoms with Crippen LogP contribution in [0.1, 0.15) is 34.0 Å². The predicted molar refractivity (Wildman–Crippen MR) is 107 cm³/mol. The van der Waals surface area contributed by atoms with Gasteiger partial charge < -0.3 is 15.2 Å². The number of rotatable bonds is 8. The number of benzene rings is 2. The minimum atomic E-state index is -3.73. The lowest BCUT2D eigenvalue weighted by Crippen LogP contribution is -2.37.